The maximum atomic E-state index is 13.4. The predicted molar refractivity (Wildman–Crippen MR) is 122 cm³/mol. The molecular formula is C25H26N2O5S. The molecule has 2 aromatic carbocycles. The highest BCUT2D eigenvalue weighted by Gasteiger charge is 2.67. The van der Waals surface area contributed by atoms with E-state index in [4.69, 9.17) is 4.74 Å². The summed E-state index contributed by atoms with van der Waals surface area (Å²) in [4.78, 5) is 28.0. The molecular weight excluding hydrogens is 440 g/mol. The number of ether oxygens (including phenoxy) is 1. The molecule has 2 fully saturated rings. The lowest BCUT2D eigenvalue weighted by molar-refractivity contribution is -0.144. The minimum absolute atomic E-state index is 0.117. The number of carbonyl (C=O) groups is 2. The Morgan fingerprint density at radius 1 is 1.03 bits per heavy atom. The van der Waals surface area contributed by atoms with Crippen LogP contribution in [0.3, 0.4) is 0 Å². The summed E-state index contributed by atoms with van der Waals surface area (Å²) in [5.41, 5.74) is 1.99. The van der Waals surface area contributed by atoms with Crippen molar-refractivity contribution < 1.29 is 22.7 Å². The molecule has 1 N–H and O–H groups in total. The lowest BCUT2D eigenvalue weighted by Gasteiger charge is -2.29. The van der Waals surface area contributed by atoms with Crippen molar-refractivity contribution in [2.24, 2.45) is 11.8 Å². The number of aryl methyl sites for hydroxylation is 3. The van der Waals surface area contributed by atoms with Gasteiger partial charge in [-0.25, -0.2) is 13.1 Å². The van der Waals surface area contributed by atoms with Gasteiger partial charge in [-0.3, -0.25) is 14.5 Å². The summed E-state index contributed by atoms with van der Waals surface area (Å²) in [7, 11) is -3.85. The van der Waals surface area contributed by atoms with Gasteiger partial charge in [-0.1, -0.05) is 60.2 Å². The number of fused-ring (bicyclic) bond motifs is 5. The maximum absolute atomic E-state index is 13.4. The number of rotatable bonds is 6. The molecule has 8 heteroatoms. The van der Waals surface area contributed by atoms with Gasteiger partial charge in [-0.2, -0.15) is 0 Å². The molecule has 0 aliphatic carbocycles. The van der Waals surface area contributed by atoms with Crippen LogP contribution in [0.2, 0.25) is 0 Å². The normalized spacial score (nSPS) is 28.1. The summed E-state index contributed by atoms with van der Waals surface area (Å²) in [6.07, 6.45) is 2.99. The highest BCUT2D eigenvalue weighted by Crippen LogP contribution is 2.51. The third kappa shape index (κ3) is 3.44. The van der Waals surface area contributed by atoms with Crippen molar-refractivity contribution in [2.75, 3.05) is 6.54 Å². The third-order valence-electron chi connectivity index (χ3n) is 6.84. The van der Waals surface area contributed by atoms with Gasteiger partial charge in [0.1, 0.15) is 5.60 Å². The summed E-state index contributed by atoms with van der Waals surface area (Å²) < 4.78 is 35.1. The fraction of sp³-hybridized carbons (Fsp3) is 0.360. The van der Waals surface area contributed by atoms with E-state index in [0.717, 1.165) is 11.1 Å². The molecule has 2 bridgehead atoms. The fourth-order valence-electron chi connectivity index (χ4n) is 5.56. The van der Waals surface area contributed by atoms with Crippen molar-refractivity contribution in [1.82, 2.24) is 9.62 Å². The van der Waals surface area contributed by atoms with E-state index in [0.29, 0.717) is 11.1 Å². The smallest absolute Gasteiger partial charge is 0.241 e. The summed E-state index contributed by atoms with van der Waals surface area (Å²) >= 11 is 0. The van der Waals surface area contributed by atoms with Gasteiger partial charge in [0.2, 0.25) is 21.8 Å². The number of nitrogens with zero attached hydrogens (tertiary/aromatic N) is 1. The van der Waals surface area contributed by atoms with E-state index in [9.17, 15) is 18.0 Å². The highest BCUT2D eigenvalue weighted by molar-refractivity contribution is 7.89. The second-order valence-electron chi connectivity index (χ2n) is 9.20. The van der Waals surface area contributed by atoms with Crippen LogP contribution in [0.25, 0.3) is 0 Å². The largest absolute Gasteiger partial charge is 0.361 e. The van der Waals surface area contributed by atoms with Gasteiger partial charge in [0.15, 0.2) is 0 Å². The molecule has 3 aliphatic heterocycles. The maximum Gasteiger partial charge on any atom is 0.241 e. The number of hydrogen-bond donors (Lipinski definition) is 1. The molecule has 3 aliphatic rings. The van der Waals surface area contributed by atoms with Crippen LogP contribution in [0.5, 0.6) is 0 Å². The Labute approximate surface area is 193 Å². The number of imide groups is 1. The van der Waals surface area contributed by atoms with E-state index < -0.39 is 33.6 Å². The average molecular weight is 467 g/mol. The Kier molecular flexibility index (Phi) is 5.08. The first-order valence-corrected chi connectivity index (χ1v) is 12.5. The minimum atomic E-state index is -3.85. The van der Waals surface area contributed by atoms with Crippen molar-refractivity contribution in [1.29, 1.82) is 0 Å². The van der Waals surface area contributed by atoms with E-state index >= 15 is 0 Å². The summed E-state index contributed by atoms with van der Waals surface area (Å²) in [6.45, 7) is 5.53. The van der Waals surface area contributed by atoms with Crippen LogP contribution in [-0.4, -0.2) is 43.4 Å². The van der Waals surface area contributed by atoms with Crippen molar-refractivity contribution in [3.8, 4) is 0 Å². The lowest BCUT2D eigenvalue weighted by Crippen LogP contribution is -2.48. The van der Waals surface area contributed by atoms with Crippen LogP contribution in [-0.2, 0) is 30.9 Å². The molecule has 0 aromatic heterocycles. The Morgan fingerprint density at radius 2 is 1.70 bits per heavy atom. The van der Waals surface area contributed by atoms with Crippen molar-refractivity contribution in [3.05, 3.63) is 76.9 Å². The monoisotopic (exact) mass is 466 g/mol. The van der Waals surface area contributed by atoms with Gasteiger partial charge in [0.05, 0.1) is 29.4 Å². The average Bonchev–Trinajstić information content (AvgIpc) is 3.39. The SMILES string of the molecule is Cc1cc(C)c(S(=O)(=O)NC[C@@]23C=C[C@@H](O2)[C@@H]2C(=O)N(Cc4ccccc4)C(=O)[C@H]23)c(C)c1. The van der Waals surface area contributed by atoms with E-state index in [2.05, 4.69) is 4.72 Å². The summed E-state index contributed by atoms with van der Waals surface area (Å²) in [6, 6.07) is 13.0. The second-order valence-corrected chi connectivity index (χ2v) is 10.9. The number of hydrogen-bond acceptors (Lipinski definition) is 5. The Morgan fingerprint density at radius 3 is 2.36 bits per heavy atom. The molecule has 0 unspecified atom stereocenters. The zero-order chi connectivity index (χ0) is 23.5. The van der Waals surface area contributed by atoms with Crippen LogP contribution < -0.4 is 4.72 Å². The Balaban J connectivity index is 1.40. The zero-order valence-corrected chi connectivity index (χ0v) is 19.6. The van der Waals surface area contributed by atoms with Gasteiger partial charge < -0.3 is 4.74 Å². The van der Waals surface area contributed by atoms with E-state index in [1.807, 2.05) is 49.4 Å². The van der Waals surface area contributed by atoms with Crippen LogP contribution in [0.15, 0.2) is 59.5 Å². The highest BCUT2D eigenvalue weighted by atomic mass is 32.2. The summed E-state index contributed by atoms with van der Waals surface area (Å²) in [5.74, 6) is -1.95. The number of amides is 2. The molecule has 0 radical (unpaired) electrons. The molecule has 5 rings (SSSR count). The van der Waals surface area contributed by atoms with Crippen LogP contribution in [0.4, 0.5) is 0 Å². The van der Waals surface area contributed by atoms with Crippen molar-refractivity contribution in [2.45, 2.75) is 43.9 Å². The van der Waals surface area contributed by atoms with Gasteiger partial charge >= 0.3 is 0 Å². The molecule has 2 amide bonds. The van der Waals surface area contributed by atoms with Gasteiger partial charge in [-0.15, -0.1) is 0 Å². The molecule has 0 saturated carbocycles. The molecule has 3 heterocycles. The first kappa shape index (κ1) is 22.0. The van der Waals surface area contributed by atoms with Crippen molar-refractivity contribution >= 4 is 21.8 Å². The standard InChI is InChI=1S/C25H26N2O5S/c1-15-11-16(2)22(17(3)12-15)33(30,31)26-14-25-10-9-19(32-25)20-21(25)24(29)27(23(20)28)13-18-7-5-4-6-8-18/h4-12,19-21,26H,13-14H2,1-3H3/t19-,20+,21+,25-/m1/s1. The van der Waals surface area contributed by atoms with Crippen LogP contribution in [0, 0.1) is 32.6 Å². The lowest BCUT2D eigenvalue weighted by atomic mass is 9.77. The first-order valence-electron chi connectivity index (χ1n) is 11.0. The number of sulfonamides is 1. The molecule has 172 valence electrons. The molecule has 4 atom stereocenters. The number of carbonyl (C=O) groups excluding carboxylic acids is 2. The Hall–Kier alpha value is -2.81. The molecule has 7 nitrogen and oxygen atoms in total. The van der Waals surface area contributed by atoms with E-state index in [-0.39, 0.29) is 29.8 Å². The second kappa shape index (κ2) is 7.62. The topological polar surface area (TPSA) is 92.8 Å². The minimum Gasteiger partial charge on any atom is -0.361 e. The number of likely N-dealkylation sites (tertiary alicyclic amines) is 1. The van der Waals surface area contributed by atoms with Crippen molar-refractivity contribution in [3.63, 3.8) is 0 Å². The van der Waals surface area contributed by atoms with Crippen LogP contribution in [0.1, 0.15) is 22.3 Å². The Bertz CT molecular complexity index is 1260. The number of nitrogens with one attached hydrogen (secondary N) is 1. The van der Waals surface area contributed by atoms with E-state index in [1.165, 1.54) is 4.90 Å². The predicted octanol–water partition coefficient (Wildman–Crippen LogP) is 2.40. The quantitative estimate of drug-likeness (QED) is 0.521. The third-order valence-corrected chi connectivity index (χ3v) is 8.55. The van der Waals surface area contributed by atoms with Gasteiger partial charge in [0, 0.05) is 6.54 Å². The van der Waals surface area contributed by atoms with Crippen LogP contribution >= 0.6 is 0 Å². The molecule has 33 heavy (non-hydrogen) atoms. The van der Waals surface area contributed by atoms with E-state index in [1.54, 1.807) is 26.0 Å². The molecule has 0 spiro atoms. The van der Waals surface area contributed by atoms with Gasteiger partial charge in [0.25, 0.3) is 0 Å². The molecule has 2 saturated heterocycles. The summed E-state index contributed by atoms with van der Waals surface area (Å²) in [5, 5.41) is 0. The fourth-order valence-corrected chi connectivity index (χ4v) is 7.08. The first-order chi connectivity index (χ1) is 15.6. The zero-order valence-electron chi connectivity index (χ0n) is 18.7. The van der Waals surface area contributed by atoms with Gasteiger partial charge in [-0.05, 0) is 37.5 Å². The molecule has 2 aromatic rings. The number of benzene rings is 2.